The van der Waals surface area contributed by atoms with Gasteiger partial charge in [0, 0.05) is 17.2 Å². The number of anilines is 1. The summed E-state index contributed by atoms with van der Waals surface area (Å²) in [5.41, 5.74) is 2.23. The van der Waals surface area contributed by atoms with Crippen molar-refractivity contribution in [2.75, 3.05) is 37.4 Å². The number of ether oxygens (including phenoxy) is 1. The van der Waals surface area contributed by atoms with Gasteiger partial charge in [0.25, 0.3) is 0 Å². The second-order valence-corrected chi connectivity index (χ2v) is 9.80. The van der Waals surface area contributed by atoms with Crippen molar-refractivity contribution < 1.29 is 8.95 Å². The summed E-state index contributed by atoms with van der Waals surface area (Å²) in [4.78, 5) is 3.27. The van der Waals surface area contributed by atoms with Crippen molar-refractivity contribution in [1.29, 1.82) is 0 Å². The van der Waals surface area contributed by atoms with E-state index in [1.807, 2.05) is 30.3 Å². The molecule has 2 heterocycles. The molecule has 0 spiro atoms. The highest BCUT2D eigenvalue weighted by Crippen LogP contribution is 2.31. The number of nitrogens with zero attached hydrogens (tertiary/aromatic N) is 1. The van der Waals surface area contributed by atoms with Gasteiger partial charge in [-0.25, -0.2) is 0 Å². The maximum Gasteiger partial charge on any atom is 0.159 e. The molecule has 1 saturated heterocycles. The van der Waals surface area contributed by atoms with Crippen molar-refractivity contribution in [3.8, 4) is 5.75 Å². The Morgan fingerprint density at radius 3 is 2.71 bits per heavy atom. The predicted octanol–water partition coefficient (Wildman–Crippen LogP) is 4.82. The van der Waals surface area contributed by atoms with Crippen LogP contribution in [0.1, 0.15) is 18.4 Å². The Labute approximate surface area is 178 Å². The summed E-state index contributed by atoms with van der Waals surface area (Å²) < 4.78 is 18.1. The van der Waals surface area contributed by atoms with E-state index in [2.05, 4.69) is 16.3 Å². The molecule has 1 N–H and O–H groups in total. The van der Waals surface area contributed by atoms with Crippen LogP contribution in [0.15, 0.2) is 41.3 Å². The number of likely N-dealkylation sites (tertiary alicyclic amines) is 1. The highest BCUT2D eigenvalue weighted by Gasteiger charge is 2.21. The standard InChI is InChI=1S/C21H24Cl2N2O2S/c22-18-3-1-16(12-19(18)23)11-15-5-7-25(8-6-15)9-10-28(26)17-2-4-20-21(13-17)27-14-24-20/h1-4,12-13,15,24H,5-11,14H2. The Morgan fingerprint density at radius 2 is 1.93 bits per heavy atom. The largest absolute Gasteiger partial charge is 0.471 e. The molecule has 7 heteroatoms. The lowest BCUT2D eigenvalue weighted by atomic mass is 9.90. The van der Waals surface area contributed by atoms with Crippen LogP contribution in [-0.4, -0.2) is 41.2 Å². The van der Waals surface area contributed by atoms with E-state index in [9.17, 15) is 4.21 Å². The quantitative estimate of drug-likeness (QED) is 0.701. The van der Waals surface area contributed by atoms with Gasteiger partial charge in [-0.2, -0.15) is 0 Å². The van der Waals surface area contributed by atoms with Crippen molar-refractivity contribution in [2.45, 2.75) is 24.2 Å². The molecule has 1 unspecified atom stereocenters. The number of hydrogen-bond acceptors (Lipinski definition) is 4. The second kappa shape index (κ2) is 9.04. The van der Waals surface area contributed by atoms with E-state index < -0.39 is 10.8 Å². The maximum absolute atomic E-state index is 12.6. The molecular weight excluding hydrogens is 415 g/mol. The van der Waals surface area contributed by atoms with Gasteiger partial charge in [0.15, 0.2) is 6.73 Å². The van der Waals surface area contributed by atoms with Crippen LogP contribution < -0.4 is 10.1 Å². The van der Waals surface area contributed by atoms with Crippen molar-refractivity contribution in [2.24, 2.45) is 5.92 Å². The smallest absolute Gasteiger partial charge is 0.159 e. The number of rotatable bonds is 6. The molecule has 1 fully saturated rings. The summed E-state index contributed by atoms with van der Waals surface area (Å²) in [6, 6.07) is 11.7. The van der Waals surface area contributed by atoms with E-state index in [-0.39, 0.29) is 0 Å². The number of fused-ring (bicyclic) bond motifs is 1. The van der Waals surface area contributed by atoms with Gasteiger partial charge < -0.3 is 15.0 Å². The first-order chi connectivity index (χ1) is 13.6. The molecule has 2 aliphatic rings. The molecule has 4 rings (SSSR count). The maximum atomic E-state index is 12.6. The molecule has 2 aliphatic heterocycles. The molecular formula is C21H24Cl2N2O2S. The molecule has 0 amide bonds. The molecule has 28 heavy (non-hydrogen) atoms. The zero-order valence-electron chi connectivity index (χ0n) is 15.6. The molecule has 1 atom stereocenters. The van der Waals surface area contributed by atoms with Gasteiger partial charge in [0.1, 0.15) is 5.75 Å². The fourth-order valence-electron chi connectivity index (χ4n) is 3.85. The van der Waals surface area contributed by atoms with E-state index >= 15 is 0 Å². The van der Waals surface area contributed by atoms with Gasteiger partial charge in [0.05, 0.1) is 26.5 Å². The summed E-state index contributed by atoms with van der Waals surface area (Å²) in [7, 11) is -0.999. The number of nitrogens with one attached hydrogen (secondary N) is 1. The van der Waals surface area contributed by atoms with Gasteiger partial charge in [0.2, 0.25) is 0 Å². The normalized spacial score (nSPS) is 18.4. The summed E-state index contributed by atoms with van der Waals surface area (Å²) >= 11 is 12.1. The lowest BCUT2D eigenvalue weighted by Crippen LogP contribution is -2.36. The Kier molecular flexibility index (Phi) is 6.46. The van der Waals surface area contributed by atoms with Crippen LogP contribution in [0.25, 0.3) is 0 Å². The van der Waals surface area contributed by atoms with Crippen LogP contribution in [-0.2, 0) is 17.2 Å². The fourth-order valence-corrected chi connectivity index (χ4v) is 5.28. The van der Waals surface area contributed by atoms with Crippen LogP contribution in [0.3, 0.4) is 0 Å². The average molecular weight is 439 g/mol. The molecule has 2 aromatic carbocycles. The van der Waals surface area contributed by atoms with E-state index in [4.69, 9.17) is 27.9 Å². The first-order valence-corrected chi connectivity index (χ1v) is 11.7. The SMILES string of the molecule is O=S(CCN1CCC(Cc2ccc(Cl)c(Cl)c2)CC1)c1ccc2c(c1)OCN2. The monoisotopic (exact) mass is 438 g/mol. The van der Waals surface area contributed by atoms with Crippen molar-refractivity contribution in [3.05, 3.63) is 52.0 Å². The molecule has 0 bridgehead atoms. The number of benzene rings is 2. The van der Waals surface area contributed by atoms with Gasteiger partial charge in [-0.3, -0.25) is 4.21 Å². The van der Waals surface area contributed by atoms with E-state index in [1.54, 1.807) is 0 Å². The highest BCUT2D eigenvalue weighted by atomic mass is 35.5. The van der Waals surface area contributed by atoms with Crippen LogP contribution in [0.2, 0.25) is 10.0 Å². The Morgan fingerprint density at radius 1 is 1.11 bits per heavy atom. The lowest BCUT2D eigenvalue weighted by Gasteiger charge is -2.32. The predicted molar refractivity (Wildman–Crippen MR) is 116 cm³/mol. The molecule has 2 aromatic rings. The van der Waals surface area contributed by atoms with Gasteiger partial charge in [-0.1, -0.05) is 29.3 Å². The third-order valence-corrected chi connectivity index (χ3v) is 7.59. The third-order valence-electron chi connectivity index (χ3n) is 5.51. The molecule has 4 nitrogen and oxygen atoms in total. The van der Waals surface area contributed by atoms with Gasteiger partial charge >= 0.3 is 0 Å². The summed E-state index contributed by atoms with van der Waals surface area (Å²) in [6.45, 7) is 3.46. The molecule has 0 aromatic heterocycles. The number of piperidine rings is 1. The Balaban J connectivity index is 1.23. The van der Waals surface area contributed by atoms with E-state index in [0.717, 1.165) is 55.2 Å². The van der Waals surface area contributed by atoms with Crippen LogP contribution in [0.5, 0.6) is 5.75 Å². The third kappa shape index (κ3) is 4.82. The molecule has 0 aliphatic carbocycles. The highest BCUT2D eigenvalue weighted by molar-refractivity contribution is 7.85. The van der Waals surface area contributed by atoms with Crippen molar-refractivity contribution in [3.63, 3.8) is 0 Å². The Bertz CT molecular complexity index is 869. The van der Waals surface area contributed by atoms with Crippen LogP contribution in [0.4, 0.5) is 5.69 Å². The van der Waals surface area contributed by atoms with E-state index in [0.29, 0.717) is 28.4 Å². The zero-order valence-corrected chi connectivity index (χ0v) is 18.0. The summed E-state index contributed by atoms with van der Waals surface area (Å²) in [6.07, 6.45) is 3.36. The van der Waals surface area contributed by atoms with Crippen LogP contribution >= 0.6 is 23.2 Å². The average Bonchev–Trinajstić information content (AvgIpc) is 3.18. The van der Waals surface area contributed by atoms with Crippen molar-refractivity contribution >= 4 is 39.7 Å². The minimum Gasteiger partial charge on any atom is -0.471 e. The topological polar surface area (TPSA) is 41.6 Å². The zero-order chi connectivity index (χ0) is 19.5. The van der Waals surface area contributed by atoms with Crippen molar-refractivity contribution in [1.82, 2.24) is 4.90 Å². The summed E-state index contributed by atoms with van der Waals surface area (Å²) in [5, 5.41) is 4.38. The van der Waals surface area contributed by atoms with Gasteiger partial charge in [-0.05, 0) is 74.2 Å². The van der Waals surface area contributed by atoms with E-state index in [1.165, 1.54) is 5.56 Å². The fraction of sp³-hybridized carbons (Fsp3) is 0.429. The number of hydrogen-bond donors (Lipinski definition) is 1. The summed E-state index contributed by atoms with van der Waals surface area (Å²) in [5.74, 6) is 2.12. The number of halogens is 2. The van der Waals surface area contributed by atoms with Gasteiger partial charge in [-0.15, -0.1) is 0 Å². The lowest BCUT2D eigenvalue weighted by molar-refractivity contribution is 0.193. The Hall–Kier alpha value is -1.27. The molecule has 0 radical (unpaired) electrons. The van der Waals surface area contributed by atoms with Crippen LogP contribution in [0, 0.1) is 5.92 Å². The first kappa shape index (κ1) is 20.0. The molecule has 150 valence electrons. The second-order valence-electron chi connectivity index (χ2n) is 7.41. The minimum atomic E-state index is -0.999. The first-order valence-electron chi connectivity index (χ1n) is 9.64. The minimum absolute atomic E-state index is 0.489. The molecule has 0 saturated carbocycles.